The summed E-state index contributed by atoms with van der Waals surface area (Å²) < 4.78 is 5.45. The first-order valence-corrected chi connectivity index (χ1v) is 5.20. The van der Waals surface area contributed by atoms with E-state index in [9.17, 15) is 5.11 Å². The van der Waals surface area contributed by atoms with Gasteiger partial charge in [0.15, 0.2) is 0 Å². The second-order valence-electron chi connectivity index (χ2n) is 4.86. The molecule has 0 aromatic heterocycles. The highest BCUT2D eigenvalue weighted by molar-refractivity contribution is 4.86. The molecular weight excluding hydrogens is 164 g/mol. The fourth-order valence-corrected chi connectivity index (χ4v) is 2.10. The molecule has 2 nitrogen and oxygen atoms in total. The van der Waals surface area contributed by atoms with Crippen LogP contribution in [0.5, 0.6) is 0 Å². The van der Waals surface area contributed by atoms with Gasteiger partial charge in [-0.2, -0.15) is 0 Å². The molecule has 0 unspecified atom stereocenters. The van der Waals surface area contributed by atoms with Crippen LogP contribution in [-0.4, -0.2) is 23.9 Å². The van der Waals surface area contributed by atoms with Crippen LogP contribution in [-0.2, 0) is 4.74 Å². The fourth-order valence-electron chi connectivity index (χ4n) is 2.10. The molecule has 1 aliphatic carbocycles. The Kier molecular flexibility index (Phi) is 3.36. The zero-order valence-electron chi connectivity index (χ0n) is 9.21. The van der Waals surface area contributed by atoms with Crippen LogP contribution in [0.1, 0.15) is 40.0 Å². The highest BCUT2D eigenvalue weighted by Gasteiger charge is 2.35. The van der Waals surface area contributed by atoms with Gasteiger partial charge in [0.2, 0.25) is 0 Å². The normalized spacial score (nSPS) is 36.2. The van der Waals surface area contributed by atoms with Crippen molar-refractivity contribution >= 4 is 0 Å². The molecule has 0 heterocycles. The van der Waals surface area contributed by atoms with E-state index >= 15 is 0 Å². The van der Waals surface area contributed by atoms with Gasteiger partial charge >= 0.3 is 0 Å². The Labute approximate surface area is 81.3 Å². The van der Waals surface area contributed by atoms with Crippen LogP contribution in [0, 0.1) is 11.8 Å². The van der Waals surface area contributed by atoms with Gasteiger partial charge in [-0.1, -0.05) is 6.92 Å². The van der Waals surface area contributed by atoms with Crippen LogP contribution >= 0.6 is 0 Å². The van der Waals surface area contributed by atoms with Crippen LogP contribution < -0.4 is 0 Å². The molecular formula is C11H22O2. The minimum atomic E-state index is -0.131. The molecule has 0 radical (unpaired) electrons. The molecule has 2 heteroatoms. The number of rotatable bonds is 2. The third-order valence-electron chi connectivity index (χ3n) is 3.66. The predicted octanol–water partition coefficient (Wildman–Crippen LogP) is 2.21. The monoisotopic (exact) mass is 186 g/mol. The number of ether oxygens (including phenoxy) is 1. The highest BCUT2D eigenvalue weighted by Crippen LogP contribution is 2.36. The van der Waals surface area contributed by atoms with Crippen molar-refractivity contribution in [2.45, 2.75) is 51.7 Å². The molecule has 1 rings (SSSR count). The maximum Gasteiger partial charge on any atom is 0.0651 e. The van der Waals surface area contributed by atoms with E-state index in [4.69, 9.17) is 4.74 Å². The molecule has 1 saturated carbocycles. The van der Waals surface area contributed by atoms with Gasteiger partial charge in [0, 0.05) is 7.11 Å². The minimum absolute atomic E-state index is 0.0822. The van der Waals surface area contributed by atoms with E-state index in [1.165, 1.54) is 6.42 Å². The number of hydrogen-bond donors (Lipinski definition) is 1. The predicted molar refractivity (Wildman–Crippen MR) is 53.6 cm³/mol. The van der Waals surface area contributed by atoms with E-state index in [0.717, 1.165) is 12.8 Å². The van der Waals surface area contributed by atoms with Crippen LogP contribution in [0.2, 0.25) is 0 Å². The molecule has 3 atom stereocenters. The van der Waals surface area contributed by atoms with Crippen molar-refractivity contribution in [1.82, 2.24) is 0 Å². The third-order valence-corrected chi connectivity index (χ3v) is 3.66. The minimum Gasteiger partial charge on any atom is -0.393 e. The van der Waals surface area contributed by atoms with Crippen molar-refractivity contribution in [3.63, 3.8) is 0 Å². The number of aliphatic hydroxyl groups excluding tert-OH is 1. The van der Waals surface area contributed by atoms with Gasteiger partial charge in [-0.15, -0.1) is 0 Å². The Hall–Kier alpha value is -0.0800. The van der Waals surface area contributed by atoms with Gasteiger partial charge in [-0.3, -0.25) is 0 Å². The smallest absolute Gasteiger partial charge is 0.0651 e. The topological polar surface area (TPSA) is 29.5 Å². The summed E-state index contributed by atoms with van der Waals surface area (Å²) in [5.74, 6) is 0.965. The summed E-state index contributed by atoms with van der Waals surface area (Å²) in [4.78, 5) is 0. The van der Waals surface area contributed by atoms with Crippen molar-refractivity contribution in [1.29, 1.82) is 0 Å². The summed E-state index contributed by atoms with van der Waals surface area (Å²) in [6.07, 6.45) is 3.06. The first-order chi connectivity index (χ1) is 5.97. The largest absolute Gasteiger partial charge is 0.393 e. The molecule has 0 saturated heterocycles. The summed E-state index contributed by atoms with van der Waals surface area (Å²) in [6, 6.07) is 0. The molecule has 1 aliphatic rings. The molecule has 78 valence electrons. The second-order valence-corrected chi connectivity index (χ2v) is 4.86. The SMILES string of the molecule is COC(C)(C)[C@@H]1CC[C@@H](C)[C@H](O)C1. The van der Waals surface area contributed by atoms with Crippen molar-refractivity contribution in [2.24, 2.45) is 11.8 Å². The van der Waals surface area contributed by atoms with E-state index in [2.05, 4.69) is 20.8 Å². The molecule has 0 bridgehead atoms. The lowest BCUT2D eigenvalue weighted by molar-refractivity contribution is -0.0700. The average Bonchev–Trinajstić information content (AvgIpc) is 2.09. The maximum absolute atomic E-state index is 9.75. The Balaban J connectivity index is 2.55. The Bertz CT molecular complexity index is 165. The lowest BCUT2D eigenvalue weighted by Crippen LogP contribution is -2.40. The van der Waals surface area contributed by atoms with Crippen LogP contribution in [0.4, 0.5) is 0 Å². The van der Waals surface area contributed by atoms with E-state index < -0.39 is 0 Å². The first-order valence-electron chi connectivity index (χ1n) is 5.20. The summed E-state index contributed by atoms with van der Waals surface area (Å²) in [5, 5.41) is 9.75. The van der Waals surface area contributed by atoms with E-state index in [1.807, 2.05) is 0 Å². The van der Waals surface area contributed by atoms with Crippen LogP contribution in [0.15, 0.2) is 0 Å². The Morgan fingerprint density at radius 1 is 1.31 bits per heavy atom. The van der Waals surface area contributed by atoms with Gasteiger partial charge in [-0.05, 0) is 44.9 Å². The molecule has 0 aromatic carbocycles. The third kappa shape index (κ3) is 2.44. The van der Waals surface area contributed by atoms with Gasteiger partial charge in [0.1, 0.15) is 0 Å². The molecule has 0 aromatic rings. The van der Waals surface area contributed by atoms with Crippen molar-refractivity contribution in [3.05, 3.63) is 0 Å². The molecule has 0 spiro atoms. The van der Waals surface area contributed by atoms with Gasteiger partial charge < -0.3 is 9.84 Å². The number of aliphatic hydroxyl groups is 1. The van der Waals surface area contributed by atoms with Crippen LogP contribution in [0.25, 0.3) is 0 Å². The molecule has 0 aliphatic heterocycles. The Morgan fingerprint density at radius 2 is 1.92 bits per heavy atom. The fraction of sp³-hybridized carbons (Fsp3) is 1.00. The summed E-state index contributed by atoms with van der Waals surface area (Å²) in [7, 11) is 1.75. The second kappa shape index (κ2) is 3.97. The zero-order valence-corrected chi connectivity index (χ0v) is 9.21. The standard InChI is InChI=1S/C11H22O2/c1-8-5-6-9(7-10(8)12)11(2,3)13-4/h8-10,12H,5-7H2,1-4H3/t8-,9-,10-/m1/s1. The lowest BCUT2D eigenvalue weighted by Gasteiger charge is -2.39. The van der Waals surface area contributed by atoms with Crippen LogP contribution in [0.3, 0.4) is 0 Å². The quantitative estimate of drug-likeness (QED) is 0.716. The molecule has 0 amide bonds. The number of methoxy groups -OCH3 is 1. The first kappa shape index (κ1) is 11.0. The van der Waals surface area contributed by atoms with Gasteiger partial charge in [0.05, 0.1) is 11.7 Å². The number of hydrogen-bond acceptors (Lipinski definition) is 2. The van der Waals surface area contributed by atoms with Gasteiger partial charge in [0.25, 0.3) is 0 Å². The Morgan fingerprint density at radius 3 is 2.38 bits per heavy atom. The average molecular weight is 186 g/mol. The van der Waals surface area contributed by atoms with Crippen molar-refractivity contribution < 1.29 is 9.84 Å². The van der Waals surface area contributed by atoms with E-state index in [0.29, 0.717) is 11.8 Å². The summed E-state index contributed by atoms with van der Waals surface area (Å²) in [5.41, 5.74) is -0.0822. The molecule has 1 fully saturated rings. The van der Waals surface area contributed by atoms with Crippen molar-refractivity contribution in [2.75, 3.05) is 7.11 Å². The maximum atomic E-state index is 9.75. The molecule has 1 N–H and O–H groups in total. The summed E-state index contributed by atoms with van der Waals surface area (Å²) in [6.45, 7) is 6.35. The zero-order chi connectivity index (χ0) is 10.1. The molecule has 13 heavy (non-hydrogen) atoms. The summed E-state index contributed by atoms with van der Waals surface area (Å²) >= 11 is 0. The van der Waals surface area contributed by atoms with Gasteiger partial charge in [-0.25, -0.2) is 0 Å². The van der Waals surface area contributed by atoms with Crippen molar-refractivity contribution in [3.8, 4) is 0 Å². The lowest BCUT2D eigenvalue weighted by atomic mass is 9.74. The highest BCUT2D eigenvalue weighted by atomic mass is 16.5. The van der Waals surface area contributed by atoms with E-state index in [-0.39, 0.29) is 11.7 Å². The van der Waals surface area contributed by atoms with E-state index in [1.54, 1.807) is 7.11 Å².